The van der Waals surface area contributed by atoms with E-state index in [2.05, 4.69) is 31.4 Å². The van der Waals surface area contributed by atoms with Crippen molar-refractivity contribution in [2.24, 2.45) is 0 Å². The molecule has 0 fully saturated rings. The van der Waals surface area contributed by atoms with Crippen molar-refractivity contribution in [3.63, 3.8) is 0 Å². The first-order valence-electron chi connectivity index (χ1n) is 7.38. The summed E-state index contributed by atoms with van der Waals surface area (Å²) in [5.74, 6) is 0.115. The average molecular weight is 438 g/mol. The molecule has 0 aliphatic rings. The molecule has 2 aromatic carbocycles. The maximum Gasteiger partial charge on any atom is 0.234 e. The Kier molecular flexibility index (Phi) is 5.78. The van der Waals surface area contributed by atoms with Crippen LogP contribution in [-0.4, -0.2) is 26.4 Å². The molecule has 0 spiro atoms. The van der Waals surface area contributed by atoms with Crippen LogP contribution < -0.4 is 5.32 Å². The molecule has 1 amide bonds. The first kappa shape index (κ1) is 18.0. The molecule has 128 valence electrons. The SMILES string of the molecule is Cc1ccc(-n2cnnc2SCC(=O)Nc2cccc(Br)c2)cc1Cl. The molecule has 3 rings (SSSR count). The molecule has 3 aromatic rings. The smallest absolute Gasteiger partial charge is 0.234 e. The summed E-state index contributed by atoms with van der Waals surface area (Å²) in [5.41, 5.74) is 2.60. The molecule has 0 atom stereocenters. The number of hydrogen-bond donors (Lipinski definition) is 1. The fraction of sp³-hybridized carbons (Fsp3) is 0.118. The van der Waals surface area contributed by atoms with Gasteiger partial charge in [-0.2, -0.15) is 0 Å². The lowest BCUT2D eigenvalue weighted by Gasteiger charge is -2.08. The molecular weight excluding hydrogens is 424 g/mol. The number of halogens is 2. The summed E-state index contributed by atoms with van der Waals surface area (Å²) in [6.07, 6.45) is 1.61. The Morgan fingerprint density at radius 3 is 2.92 bits per heavy atom. The van der Waals surface area contributed by atoms with Gasteiger partial charge in [-0.1, -0.05) is 51.4 Å². The van der Waals surface area contributed by atoms with Gasteiger partial charge in [-0.15, -0.1) is 10.2 Å². The molecule has 1 aromatic heterocycles. The number of hydrogen-bond acceptors (Lipinski definition) is 4. The highest BCUT2D eigenvalue weighted by atomic mass is 79.9. The quantitative estimate of drug-likeness (QED) is 0.587. The number of nitrogens with one attached hydrogen (secondary N) is 1. The number of rotatable bonds is 5. The number of thioether (sulfide) groups is 1. The third-order valence-corrected chi connectivity index (χ3v) is 5.23. The maximum atomic E-state index is 12.1. The lowest BCUT2D eigenvalue weighted by atomic mass is 10.2. The van der Waals surface area contributed by atoms with Gasteiger partial charge in [-0.25, -0.2) is 0 Å². The van der Waals surface area contributed by atoms with Crippen LogP contribution in [0.4, 0.5) is 5.69 Å². The third-order valence-electron chi connectivity index (χ3n) is 3.39. The van der Waals surface area contributed by atoms with Gasteiger partial charge in [0.1, 0.15) is 6.33 Å². The predicted molar refractivity (Wildman–Crippen MR) is 105 cm³/mol. The molecule has 8 heteroatoms. The van der Waals surface area contributed by atoms with Gasteiger partial charge in [0.2, 0.25) is 5.91 Å². The van der Waals surface area contributed by atoms with Crippen molar-refractivity contribution in [1.82, 2.24) is 14.8 Å². The number of carbonyl (C=O) groups excluding carboxylic acids is 1. The minimum absolute atomic E-state index is 0.111. The van der Waals surface area contributed by atoms with Gasteiger partial charge in [0.05, 0.1) is 11.4 Å². The number of benzene rings is 2. The monoisotopic (exact) mass is 436 g/mol. The van der Waals surface area contributed by atoms with Crippen LogP contribution in [0, 0.1) is 6.92 Å². The Hall–Kier alpha value is -1.83. The normalized spacial score (nSPS) is 10.7. The highest BCUT2D eigenvalue weighted by Gasteiger charge is 2.11. The fourth-order valence-electron chi connectivity index (χ4n) is 2.12. The number of amides is 1. The van der Waals surface area contributed by atoms with Crippen LogP contribution in [0.25, 0.3) is 5.69 Å². The highest BCUT2D eigenvalue weighted by molar-refractivity contribution is 9.10. The molecule has 0 bridgehead atoms. The van der Waals surface area contributed by atoms with Gasteiger partial charge >= 0.3 is 0 Å². The van der Waals surface area contributed by atoms with Crippen molar-refractivity contribution >= 4 is 50.9 Å². The highest BCUT2D eigenvalue weighted by Crippen LogP contribution is 2.24. The number of anilines is 1. The molecule has 25 heavy (non-hydrogen) atoms. The first-order valence-corrected chi connectivity index (χ1v) is 9.53. The standard InChI is InChI=1S/C17H14BrClN4OS/c1-11-5-6-14(8-15(11)19)23-10-20-22-17(23)25-9-16(24)21-13-4-2-3-12(18)7-13/h2-8,10H,9H2,1H3,(H,21,24). The lowest BCUT2D eigenvalue weighted by molar-refractivity contribution is -0.113. The molecule has 1 N–H and O–H groups in total. The Morgan fingerprint density at radius 2 is 2.16 bits per heavy atom. The number of nitrogens with zero attached hydrogens (tertiary/aromatic N) is 3. The number of aromatic nitrogens is 3. The molecule has 1 heterocycles. The predicted octanol–water partition coefficient (Wildman–Crippen LogP) is 4.72. The Morgan fingerprint density at radius 1 is 1.32 bits per heavy atom. The van der Waals surface area contributed by atoms with E-state index in [0.29, 0.717) is 10.2 Å². The van der Waals surface area contributed by atoms with Crippen molar-refractivity contribution < 1.29 is 4.79 Å². The molecular formula is C17H14BrClN4OS. The van der Waals surface area contributed by atoms with Crippen LogP contribution in [0.2, 0.25) is 5.02 Å². The summed E-state index contributed by atoms with van der Waals surface area (Å²) in [4.78, 5) is 12.1. The lowest BCUT2D eigenvalue weighted by Crippen LogP contribution is -2.14. The summed E-state index contributed by atoms with van der Waals surface area (Å²) in [5, 5.41) is 12.2. The molecule has 0 saturated carbocycles. The van der Waals surface area contributed by atoms with E-state index in [9.17, 15) is 4.79 Å². The zero-order valence-electron chi connectivity index (χ0n) is 13.2. The van der Waals surface area contributed by atoms with E-state index in [1.807, 2.05) is 54.0 Å². The van der Waals surface area contributed by atoms with E-state index < -0.39 is 0 Å². The second-order valence-electron chi connectivity index (χ2n) is 5.26. The fourth-order valence-corrected chi connectivity index (χ4v) is 3.43. The molecule has 0 radical (unpaired) electrons. The molecule has 0 unspecified atom stereocenters. The van der Waals surface area contributed by atoms with Crippen molar-refractivity contribution in [3.05, 3.63) is 63.9 Å². The van der Waals surface area contributed by atoms with Crippen molar-refractivity contribution in [3.8, 4) is 5.69 Å². The van der Waals surface area contributed by atoms with Gasteiger partial charge in [0.25, 0.3) is 0 Å². The van der Waals surface area contributed by atoms with Crippen LogP contribution in [0.5, 0.6) is 0 Å². The Balaban J connectivity index is 1.67. The summed E-state index contributed by atoms with van der Waals surface area (Å²) in [7, 11) is 0. The minimum atomic E-state index is -0.111. The summed E-state index contributed by atoms with van der Waals surface area (Å²) < 4.78 is 2.72. The summed E-state index contributed by atoms with van der Waals surface area (Å²) >= 11 is 10.9. The van der Waals surface area contributed by atoms with E-state index in [4.69, 9.17) is 11.6 Å². The number of aryl methyl sites for hydroxylation is 1. The summed E-state index contributed by atoms with van der Waals surface area (Å²) in [6.45, 7) is 1.94. The Labute approximate surface area is 162 Å². The van der Waals surface area contributed by atoms with Crippen molar-refractivity contribution in [1.29, 1.82) is 0 Å². The van der Waals surface area contributed by atoms with E-state index in [0.717, 1.165) is 21.4 Å². The third kappa shape index (κ3) is 4.62. The van der Waals surface area contributed by atoms with E-state index in [1.54, 1.807) is 6.33 Å². The molecule has 0 saturated heterocycles. The summed E-state index contributed by atoms with van der Waals surface area (Å²) in [6, 6.07) is 13.2. The van der Waals surface area contributed by atoms with Crippen LogP contribution in [0.1, 0.15) is 5.56 Å². The van der Waals surface area contributed by atoms with Crippen LogP contribution in [0.3, 0.4) is 0 Å². The minimum Gasteiger partial charge on any atom is -0.325 e. The molecule has 0 aliphatic heterocycles. The largest absolute Gasteiger partial charge is 0.325 e. The van der Waals surface area contributed by atoms with Gasteiger partial charge in [-0.3, -0.25) is 9.36 Å². The van der Waals surface area contributed by atoms with Gasteiger partial charge < -0.3 is 5.32 Å². The zero-order chi connectivity index (χ0) is 17.8. The molecule has 5 nitrogen and oxygen atoms in total. The first-order chi connectivity index (χ1) is 12.0. The average Bonchev–Trinajstić information content (AvgIpc) is 3.04. The second-order valence-corrected chi connectivity index (χ2v) is 7.53. The van der Waals surface area contributed by atoms with Gasteiger partial charge in [-0.05, 0) is 42.8 Å². The molecule has 0 aliphatic carbocycles. The Bertz CT molecular complexity index is 915. The van der Waals surface area contributed by atoms with Crippen LogP contribution in [-0.2, 0) is 4.79 Å². The zero-order valence-corrected chi connectivity index (χ0v) is 16.4. The second kappa shape index (κ2) is 8.03. The van der Waals surface area contributed by atoms with Crippen molar-refractivity contribution in [2.45, 2.75) is 12.1 Å². The topological polar surface area (TPSA) is 59.8 Å². The van der Waals surface area contributed by atoms with Crippen molar-refractivity contribution in [2.75, 3.05) is 11.1 Å². The van der Waals surface area contributed by atoms with E-state index >= 15 is 0 Å². The van der Waals surface area contributed by atoms with Gasteiger partial charge in [0, 0.05) is 15.2 Å². The van der Waals surface area contributed by atoms with E-state index in [1.165, 1.54) is 11.8 Å². The van der Waals surface area contributed by atoms with Crippen LogP contribution >= 0.6 is 39.3 Å². The number of carbonyl (C=O) groups is 1. The van der Waals surface area contributed by atoms with Gasteiger partial charge in [0.15, 0.2) is 5.16 Å². The van der Waals surface area contributed by atoms with Crippen LogP contribution in [0.15, 0.2) is 58.4 Å². The maximum absolute atomic E-state index is 12.1. The van der Waals surface area contributed by atoms with E-state index in [-0.39, 0.29) is 11.7 Å².